The second-order valence-electron chi connectivity index (χ2n) is 4.74. The predicted molar refractivity (Wildman–Crippen MR) is 74.5 cm³/mol. The smallest absolute Gasteiger partial charge is 0.127 e. The molecule has 0 saturated heterocycles. The van der Waals surface area contributed by atoms with E-state index in [1.807, 2.05) is 18.2 Å². The van der Waals surface area contributed by atoms with Crippen LogP contribution in [0.1, 0.15) is 18.1 Å². The molecule has 1 atom stereocenters. The number of nitrogens with one attached hydrogen (secondary N) is 1. The minimum atomic E-state index is -0.174. The number of benzene rings is 2. The zero-order chi connectivity index (χ0) is 13.7. The van der Waals surface area contributed by atoms with Gasteiger partial charge in [0.15, 0.2) is 0 Å². The van der Waals surface area contributed by atoms with Crippen LogP contribution in [0.4, 0.5) is 4.39 Å². The van der Waals surface area contributed by atoms with E-state index in [-0.39, 0.29) is 17.6 Å². The first-order valence-electron chi connectivity index (χ1n) is 6.40. The van der Waals surface area contributed by atoms with Crippen LogP contribution in [0, 0.1) is 5.82 Å². The Hall–Kier alpha value is -1.87. The standard InChI is InChI=1S/C16H18FNO/c1-12(10-13-6-8-15(19)9-7-13)18-11-14-4-2-3-5-16(14)17/h2-9,12,18-19H,10-11H2,1H3. The Morgan fingerprint density at radius 1 is 1.11 bits per heavy atom. The maximum absolute atomic E-state index is 13.4. The van der Waals surface area contributed by atoms with Crippen molar-refractivity contribution < 1.29 is 9.50 Å². The van der Waals surface area contributed by atoms with Gasteiger partial charge in [0.25, 0.3) is 0 Å². The summed E-state index contributed by atoms with van der Waals surface area (Å²) >= 11 is 0. The molecule has 0 radical (unpaired) electrons. The van der Waals surface area contributed by atoms with Gasteiger partial charge in [0.1, 0.15) is 11.6 Å². The lowest BCUT2D eigenvalue weighted by atomic mass is 10.1. The Balaban J connectivity index is 1.86. The fourth-order valence-electron chi connectivity index (χ4n) is 1.98. The largest absolute Gasteiger partial charge is 0.508 e. The van der Waals surface area contributed by atoms with Crippen molar-refractivity contribution in [1.82, 2.24) is 5.32 Å². The molecule has 0 fully saturated rings. The number of hydrogen-bond acceptors (Lipinski definition) is 2. The van der Waals surface area contributed by atoms with Gasteiger partial charge in [-0.3, -0.25) is 0 Å². The molecule has 1 unspecified atom stereocenters. The maximum atomic E-state index is 13.4. The number of phenolic OH excluding ortho intramolecular Hbond substituents is 1. The van der Waals surface area contributed by atoms with Gasteiger partial charge in [-0.2, -0.15) is 0 Å². The van der Waals surface area contributed by atoms with Crippen LogP contribution in [-0.2, 0) is 13.0 Å². The van der Waals surface area contributed by atoms with Crippen molar-refractivity contribution in [1.29, 1.82) is 0 Å². The number of phenols is 1. The second kappa shape index (κ2) is 6.34. The molecule has 19 heavy (non-hydrogen) atoms. The molecular formula is C16H18FNO. The van der Waals surface area contributed by atoms with Gasteiger partial charge in [0, 0.05) is 18.2 Å². The van der Waals surface area contributed by atoms with Crippen LogP contribution in [0.2, 0.25) is 0 Å². The lowest BCUT2D eigenvalue weighted by Crippen LogP contribution is -2.27. The topological polar surface area (TPSA) is 32.3 Å². The van der Waals surface area contributed by atoms with Gasteiger partial charge < -0.3 is 10.4 Å². The molecule has 2 nitrogen and oxygen atoms in total. The summed E-state index contributed by atoms with van der Waals surface area (Å²) < 4.78 is 13.4. The first-order chi connectivity index (χ1) is 9.15. The molecule has 2 N–H and O–H groups in total. The second-order valence-corrected chi connectivity index (χ2v) is 4.74. The normalized spacial score (nSPS) is 12.3. The Bertz CT molecular complexity index is 525. The highest BCUT2D eigenvalue weighted by Crippen LogP contribution is 2.12. The lowest BCUT2D eigenvalue weighted by Gasteiger charge is -2.14. The summed E-state index contributed by atoms with van der Waals surface area (Å²) in [4.78, 5) is 0. The monoisotopic (exact) mass is 259 g/mol. The maximum Gasteiger partial charge on any atom is 0.127 e. The molecule has 0 heterocycles. The third-order valence-electron chi connectivity index (χ3n) is 3.08. The van der Waals surface area contributed by atoms with Crippen LogP contribution in [0.25, 0.3) is 0 Å². The molecule has 0 aliphatic carbocycles. The van der Waals surface area contributed by atoms with E-state index < -0.39 is 0 Å². The van der Waals surface area contributed by atoms with Crippen molar-refractivity contribution in [3.63, 3.8) is 0 Å². The zero-order valence-electron chi connectivity index (χ0n) is 10.9. The molecule has 100 valence electrons. The van der Waals surface area contributed by atoms with E-state index in [1.54, 1.807) is 24.3 Å². The molecule has 3 heteroatoms. The number of halogens is 1. The van der Waals surface area contributed by atoms with Crippen molar-refractivity contribution >= 4 is 0 Å². The van der Waals surface area contributed by atoms with Crippen LogP contribution >= 0.6 is 0 Å². The van der Waals surface area contributed by atoms with E-state index in [0.29, 0.717) is 12.1 Å². The first-order valence-corrected chi connectivity index (χ1v) is 6.40. The van der Waals surface area contributed by atoms with Gasteiger partial charge in [0.2, 0.25) is 0 Å². The molecule has 2 rings (SSSR count). The van der Waals surface area contributed by atoms with Crippen LogP contribution in [-0.4, -0.2) is 11.1 Å². The fraction of sp³-hybridized carbons (Fsp3) is 0.250. The summed E-state index contributed by atoms with van der Waals surface area (Å²) in [5.74, 6) is 0.0996. The molecule has 0 aliphatic rings. The predicted octanol–water partition coefficient (Wildman–Crippen LogP) is 3.25. The Kier molecular flexibility index (Phi) is 4.53. The third kappa shape index (κ3) is 4.07. The van der Waals surface area contributed by atoms with Gasteiger partial charge in [-0.15, -0.1) is 0 Å². The van der Waals surface area contributed by atoms with E-state index in [0.717, 1.165) is 12.0 Å². The molecule has 2 aromatic carbocycles. The molecule has 0 aliphatic heterocycles. The van der Waals surface area contributed by atoms with Crippen LogP contribution < -0.4 is 5.32 Å². The molecule has 0 saturated carbocycles. The average molecular weight is 259 g/mol. The Morgan fingerprint density at radius 3 is 2.47 bits per heavy atom. The highest BCUT2D eigenvalue weighted by atomic mass is 19.1. The summed E-state index contributed by atoms with van der Waals surface area (Å²) in [6.07, 6.45) is 0.842. The van der Waals surface area contributed by atoms with Crippen LogP contribution in [0.5, 0.6) is 5.75 Å². The van der Waals surface area contributed by atoms with Crippen molar-refractivity contribution in [3.05, 3.63) is 65.5 Å². The van der Waals surface area contributed by atoms with E-state index in [1.165, 1.54) is 6.07 Å². The van der Waals surface area contributed by atoms with Crippen LogP contribution in [0.3, 0.4) is 0 Å². The van der Waals surface area contributed by atoms with Gasteiger partial charge in [-0.1, -0.05) is 30.3 Å². The first kappa shape index (κ1) is 13.6. The van der Waals surface area contributed by atoms with Gasteiger partial charge >= 0.3 is 0 Å². The zero-order valence-corrected chi connectivity index (χ0v) is 10.9. The van der Waals surface area contributed by atoms with E-state index in [4.69, 9.17) is 0 Å². The van der Waals surface area contributed by atoms with E-state index >= 15 is 0 Å². The minimum Gasteiger partial charge on any atom is -0.508 e. The summed E-state index contributed by atoms with van der Waals surface area (Å²) in [5, 5.41) is 12.5. The van der Waals surface area contributed by atoms with Crippen molar-refractivity contribution in [3.8, 4) is 5.75 Å². The summed E-state index contributed by atoms with van der Waals surface area (Å²) in [5.41, 5.74) is 1.83. The number of hydrogen-bond donors (Lipinski definition) is 2. The van der Waals surface area contributed by atoms with Gasteiger partial charge in [-0.25, -0.2) is 4.39 Å². The Morgan fingerprint density at radius 2 is 1.79 bits per heavy atom. The van der Waals surface area contributed by atoms with Crippen LogP contribution in [0.15, 0.2) is 48.5 Å². The average Bonchev–Trinajstić information content (AvgIpc) is 2.40. The molecule has 0 bridgehead atoms. The third-order valence-corrected chi connectivity index (χ3v) is 3.08. The van der Waals surface area contributed by atoms with Crippen molar-refractivity contribution in [2.75, 3.05) is 0 Å². The van der Waals surface area contributed by atoms with E-state index in [2.05, 4.69) is 12.2 Å². The van der Waals surface area contributed by atoms with Crippen molar-refractivity contribution in [2.24, 2.45) is 0 Å². The quantitative estimate of drug-likeness (QED) is 0.864. The summed E-state index contributed by atoms with van der Waals surface area (Å²) in [6, 6.07) is 14.2. The molecule has 0 amide bonds. The minimum absolute atomic E-state index is 0.174. The highest BCUT2D eigenvalue weighted by Gasteiger charge is 2.05. The fourth-order valence-corrected chi connectivity index (χ4v) is 1.98. The van der Waals surface area contributed by atoms with Gasteiger partial charge in [0.05, 0.1) is 0 Å². The number of rotatable bonds is 5. The molecule has 0 aromatic heterocycles. The SMILES string of the molecule is CC(Cc1ccc(O)cc1)NCc1ccccc1F. The number of aromatic hydroxyl groups is 1. The Labute approximate surface area is 112 Å². The highest BCUT2D eigenvalue weighted by molar-refractivity contribution is 5.26. The van der Waals surface area contributed by atoms with Gasteiger partial charge in [-0.05, 0) is 37.1 Å². The summed E-state index contributed by atoms with van der Waals surface area (Å²) in [6.45, 7) is 2.58. The molecule has 2 aromatic rings. The molecular weight excluding hydrogens is 241 g/mol. The van der Waals surface area contributed by atoms with E-state index in [9.17, 15) is 9.50 Å². The summed E-state index contributed by atoms with van der Waals surface area (Å²) in [7, 11) is 0. The van der Waals surface area contributed by atoms with Crippen molar-refractivity contribution in [2.45, 2.75) is 25.9 Å². The lowest BCUT2D eigenvalue weighted by molar-refractivity contribution is 0.474. The molecule has 0 spiro atoms.